The van der Waals surface area contributed by atoms with Crippen LogP contribution in [0, 0.1) is 11.8 Å². The average Bonchev–Trinajstić information content (AvgIpc) is 2.10. The first-order valence-electron chi connectivity index (χ1n) is 4.58. The standard InChI is InChI=1S/C10H18O2/c1-2-3-4-5-6-7-8-10(12)9-11/h10-12H,2-6,9H2,1H3. The highest BCUT2D eigenvalue weighted by Gasteiger charge is 1.91. The molecule has 0 aromatic rings. The number of rotatable bonds is 5. The molecule has 1 atom stereocenters. The first-order valence-corrected chi connectivity index (χ1v) is 4.58. The number of unbranched alkanes of at least 4 members (excludes halogenated alkanes) is 4. The molecule has 0 bridgehead atoms. The van der Waals surface area contributed by atoms with Crippen molar-refractivity contribution in [1.82, 2.24) is 0 Å². The first-order chi connectivity index (χ1) is 5.81. The van der Waals surface area contributed by atoms with Gasteiger partial charge in [-0.2, -0.15) is 0 Å². The lowest BCUT2D eigenvalue weighted by Gasteiger charge is -1.94. The zero-order valence-corrected chi connectivity index (χ0v) is 7.71. The number of aliphatic hydroxyl groups is 2. The van der Waals surface area contributed by atoms with Crippen LogP contribution in [0.4, 0.5) is 0 Å². The fraction of sp³-hybridized carbons (Fsp3) is 0.800. The highest BCUT2D eigenvalue weighted by Crippen LogP contribution is 2.00. The summed E-state index contributed by atoms with van der Waals surface area (Å²) in [6, 6.07) is 0. The molecule has 1 unspecified atom stereocenters. The largest absolute Gasteiger partial charge is 0.393 e. The fourth-order valence-electron chi connectivity index (χ4n) is 0.876. The van der Waals surface area contributed by atoms with E-state index in [4.69, 9.17) is 10.2 Å². The monoisotopic (exact) mass is 170 g/mol. The van der Waals surface area contributed by atoms with Crippen molar-refractivity contribution in [3.8, 4) is 11.8 Å². The predicted molar refractivity (Wildman–Crippen MR) is 49.6 cm³/mol. The van der Waals surface area contributed by atoms with Crippen LogP contribution < -0.4 is 0 Å². The van der Waals surface area contributed by atoms with Crippen LogP contribution in [0.25, 0.3) is 0 Å². The second-order valence-electron chi connectivity index (χ2n) is 2.83. The summed E-state index contributed by atoms with van der Waals surface area (Å²) in [5.41, 5.74) is 0. The lowest BCUT2D eigenvalue weighted by Crippen LogP contribution is -2.07. The summed E-state index contributed by atoms with van der Waals surface area (Å²) >= 11 is 0. The van der Waals surface area contributed by atoms with Crippen LogP contribution in [0.3, 0.4) is 0 Å². The Hall–Kier alpha value is -0.520. The van der Waals surface area contributed by atoms with Crippen LogP contribution in [-0.2, 0) is 0 Å². The van der Waals surface area contributed by atoms with Gasteiger partial charge in [0.1, 0.15) is 6.10 Å². The van der Waals surface area contributed by atoms with Crippen LogP contribution in [0.2, 0.25) is 0 Å². The molecule has 0 radical (unpaired) electrons. The summed E-state index contributed by atoms with van der Waals surface area (Å²) in [4.78, 5) is 0. The number of hydrogen-bond acceptors (Lipinski definition) is 2. The van der Waals surface area contributed by atoms with Gasteiger partial charge in [0.2, 0.25) is 0 Å². The lowest BCUT2D eigenvalue weighted by atomic mass is 10.1. The summed E-state index contributed by atoms with van der Waals surface area (Å²) < 4.78 is 0. The second-order valence-corrected chi connectivity index (χ2v) is 2.83. The van der Waals surface area contributed by atoms with Gasteiger partial charge >= 0.3 is 0 Å². The van der Waals surface area contributed by atoms with Crippen LogP contribution in [0.5, 0.6) is 0 Å². The molecular formula is C10H18O2. The van der Waals surface area contributed by atoms with Crippen molar-refractivity contribution in [1.29, 1.82) is 0 Å². The minimum atomic E-state index is -0.851. The zero-order valence-electron chi connectivity index (χ0n) is 7.71. The van der Waals surface area contributed by atoms with E-state index < -0.39 is 6.10 Å². The van der Waals surface area contributed by atoms with Crippen molar-refractivity contribution in [2.45, 2.75) is 45.1 Å². The van der Waals surface area contributed by atoms with E-state index in [1.165, 1.54) is 19.3 Å². The molecule has 2 heteroatoms. The van der Waals surface area contributed by atoms with Gasteiger partial charge in [-0.15, -0.1) is 5.92 Å². The molecule has 70 valence electrons. The van der Waals surface area contributed by atoms with Crippen molar-refractivity contribution in [3.05, 3.63) is 0 Å². The Balaban J connectivity index is 3.21. The Morgan fingerprint density at radius 3 is 2.58 bits per heavy atom. The minimum absolute atomic E-state index is 0.262. The van der Waals surface area contributed by atoms with E-state index in [9.17, 15) is 0 Å². The Labute approximate surface area is 74.6 Å². The molecule has 0 saturated heterocycles. The molecule has 0 aliphatic rings. The van der Waals surface area contributed by atoms with E-state index in [1.54, 1.807) is 0 Å². The van der Waals surface area contributed by atoms with Gasteiger partial charge in [0.25, 0.3) is 0 Å². The molecule has 0 rings (SSSR count). The molecule has 0 aromatic heterocycles. The molecule has 0 aliphatic carbocycles. The van der Waals surface area contributed by atoms with Gasteiger partial charge in [-0.1, -0.05) is 32.1 Å². The summed E-state index contributed by atoms with van der Waals surface area (Å²) in [7, 11) is 0. The SMILES string of the molecule is CCCCCCC#CC(O)CO. The van der Waals surface area contributed by atoms with E-state index in [0.29, 0.717) is 0 Å². The quantitative estimate of drug-likeness (QED) is 0.482. The van der Waals surface area contributed by atoms with Gasteiger partial charge in [0.05, 0.1) is 6.61 Å². The van der Waals surface area contributed by atoms with Gasteiger partial charge in [0, 0.05) is 6.42 Å². The van der Waals surface area contributed by atoms with Crippen molar-refractivity contribution < 1.29 is 10.2 Å². The summed E-state index contributed by atoms with van der Waals surface area (Å²) in [5.74, 6) is 5.40. The van der Waals surface area contributed by atoms with Gasteiger partial charge in [0.15, 0.2) is 0 Å². The fourth-order valence-corrected chi connectivity index (χ4v) is 0.876. The maximum absolute atomic E-state index is 8.84. The summed E-state index contributed by atoms with van der Waals surface area (Å²) in [6.45, 7) is 1.91. The molecule has 0 saturated carbocycles. The van der Waals surface area contributed by atoms with Crippen LogP contribution in [-0.4, -0.2) is 22.9 Å². The maximum atomic E-state index is 8.84. The van der Waals surface area contributed by atoms with Gasteiger partial charge < -0.3 is 10.2 Å². The first kappa shape index (κ1) is 11.5. The molecular weight excluding hydrogens is 152 g/mol. The molecule has 0 heterocycles. The zero-order chi connectivity index (χ0) is 9.23. The van der Waals surface area contributed by atoms with Crippen molar-refractivity contribution in [3.63, 3.8) is 0 Å². The number of aliphatic hydroxyl groups excluding tert-OH is 2. The number of hydrogen-bond donors (Lipinski definition) is 2. The molecule has 2 nitrogen and oxygen atoms in total. The molecule has 2 N–H and O–H groups in total. The lowest BCUT2D eigenvalue weighted by molar-refractivity contribution is 0.138. The molecule has 0 aliphatic heterocycles. The van der Waals surface area contributed by atoms with Crippen molar-refractivity contribution >= 4 is 0 Å². The van der Waals surface area contributed by atoms with Crippen LogP contribution in [0.15, 0.2) is 0 Å². The minimum Gasteiger partial charge on any atom is -0.393 e. The van der Waals surface area contributed by atoms with Crippen molar-refractivity contribution in [2.24, 2.45) is 0 Å². The van der Waals surface area contributed by atoms with E-state index in [-0.39, 0.29) is 6.61 Å². The highest BCUT2D eigenvalue weighted by molar-refractivity contribution is 5.04. The molecule has 0 amide bonds. The maximum Gasteiger partial charge on any atom is 0.137 e. The summed E-state index contributed by atoms with van der Waals surface area (Å²) in [5, 5.41) is 17.3. The Morgan fingerprint density at radius 2 is 2.00 bits per heavy atom. The van der Waals surface area contributed by atoms with Crippen molar-refractivity contribution in [2.75, 3.05) is 6.61 Å². The Bertz CT molecular complexity index is 144. The van der Waals surface area contributed by atoms with E-state index in [2.05, 4.69) is 18.8 Å². The predicted octanol–water partition coefficient (Wildman–Crippen LogP) is 1.31. The Morgan fingerprint density at radius 1 is 1.25 bits per heavy atom. The average molecular weight is 170 g/mol. The van der Waals surface area contributed by atoms with Crippen LogP contribution >= 0.6 is 0 Å². The Kier molecular flexibility index (Phi) is 8.20. The van der Waals surface area contributed by atoms with Gasteiger partial charge in [-0.3, -0.25) is 0 Å². The van der Waals surface area contributed by atoms with E-state index >= 15 is 0 Å². The molecule has 12 heavy (non-hydrogen) atoms. The van der Waals surface area contributed by atoms with Crippen LogP contribution in [0.1, 0.15) is 39.0 Å². The van der Waals surface area contributed by atoms with Gasteiger partial charge in [-0.25, -0.2) is 0 Å². The molecule has 0 fully saturated rings. The topological polar surface area (TPSA) is 40.5 Å². The highest BCUT2D eigenvalue weighted by atomic mass is 16.3. The van der Waals surface area contributed by atoms with E-state index in [1.807, 2.05) is 0 Å². The van der Waals surface area contributed by atoms with Gasteiger partial charge in [-0.05, 0) is 6.42 Å². The molecule has 0 spiro atoms. The second kappa shape index (κ2) is 8.58. The third-order valence-electron chi connectivity index (χ3n) is 1.60. The molecule has 0 aromatic carbocycles. The smallest absolute Gasteiger partial charge is 0.137 e. The normalized spacial score (nSPS) is 11.9. The third kappa shape index (κ3) is 7.59. The van der Waals surface area contributed by atoms with E-state index in [0.717, 1.165) is 12.8 Å². The third-order valence-corrected chi connectivity index (χ3v) is 1.60. The summed E-state index contributed by atoms with van der Waals surface area (Å²) in [6.07, 6.45) is 4.77.